The average molecular weight is 574 g/mol. The maximum Gasteiger partial charge on any atom is 0.257 e. The summed E-state index contributed by atoms with van der Waals surface area (Å²) in [6.45, 7) is 7.99. The number of aryl methyl sites for hydroxylation is 1. The fraction of sp³-hybridized carbons (Fsp3) is 0.923. The molecule has 0 unspecified atom stereocenters. The van der Waals surface area contributed by atoms with Crippen molar-refractivity contribution in [2.24, 2.45) is 0 Å². The Hall–Kier alpha value is -0.790. The van der Waals surface area contributed by atoms with E-state index in [9.17, 15) is 0 Å². The number of imidazole rings is 1. The van der Waals surface area contributed by atoms with Crippen LogP contribution in [0.25, 0.3) is 0 Å². The lowest BCUT2D eigenvalue weighted by Crippen LogP contribution is -2.36. The molecule has 0 saturated carbocycles. The molecule has 0 bridgehead atoms. The van der Waals surface area contributed by atoms with Gasteiger partial charge in [-0.25, -0.2) is 9.55 Å². The highest BCUT2D eigenvalue weighted by Crippen LogP contribution is 2.26. The van der Waals surface area contributed by atoms with Gasteiger partial charge in [-0.15, -0.1) is 0 Å². The number of nitrogens with zero attached hydrogens (tertiary/aromatic N) is 1. The summed E-state index contributed by atoms with van der Waals surface area (Å²) in [6.07, 6.45) is 49.2. The van der Waals surface area contributed by atoms with Gasteiger partial charge in [0.05, 0.1) is 12.5 Å². The first-order chi connectivity index (χ1) is 20.3. The first kappa shape index (κ1) is 38.2. The standard InChI is InChI=1S/C39H76N2/c1-4-7-9-11-13-15-17-19-20-21-23-25-27-29-31-33-35-38(39-40-36-37-41(39)6-3)34-32-30-28-26-24-22-18-16-14-12-10-8-5-2/h36-38H,4-35H2,1-3H3/p+1/t38-/m0/s1. The highest BCUT2D eigenvalue weighted by atomic mass is 15.1. The van der Waals surface area contributed by atoms with Crippen LogP contribution in [0, 0.1) is 0 Å². The number of unbranched alkanes of at least 4 members (excludes halogenated alkanes) is 27. The molecule has 1 heterocycles. The minimum Gasteiger partial charge on any atom is -0.247 e. The molecule has 1 N–H and O–H groups in total. The van der Waals surface area contributed by atoms with Gasteiger partial charge in [0.25, 0.3) is 5.82 Å². The second kappa shape index (κ2) is 30.7. The second-order valence-corrected chi connectivity index (χ2v) is 13.5. The summed E-state index contributed by atoms with van der Waals surface area (Å²) in [6, 6.07) is 0. The van der Waals surface area contributed by atoms with Gasteiger partial charge in [0, 0.05) is 0 Å². The molecule has 0 aromatic carbocycles. The van der Waals surface area contributed by atoms with E-state index in [0.29, 0.717) is 0 Å². The number of aromatic amines is 1. The topological polar surface area (TPSA) is 19.7 Å². The monoisotopic (exact) mass is 574 g/mol. The Balaban J connectivity index is 2.04. The summed E-state index contributed by atoms with van der Waals surface area (Å²) in [5.41, 5.74) is 0. The van der Waals surface area contributed by atoms with Crippen molar-refractivity contribution in [1.82, 2.24) is 4.98 Å². The van der Waals surface area contributed by atoms with E-state index in [2.05, 4.69) is 42.7 Å². The third-order valence-corrected chi connectivity index (χ3v) is 9.58. The summed E-state index contributed by atoms with van der Waals surface area (Å²) in [4.78, 5) is 3.62. The molecule has 2 heteroatoms. The van der Waals surface area contributed by atoms with E-state index in [0.717, 1.165) is 12.5 Å². The van der Waals surface area contributed by atoms with E-state index in [-0.39, 0.29) is 0 Å². The van der Waals surface area contributed by atoms with Crippen molar-refractivity contribution in [1.29, 1.82) is 0 Å². The van der Waals surface area contributed by atoms with Crippen LogP contribution < -0.4 is 4.57 Å². The predicted molar refractivity (Wildman–Crippen MR) is 184 cm³/mol. The van der Waals surface area contributed by atoms with E-state index in [1.807, 2.05) is 0 Å². The normalized spacial score (nSPS) is 12.4. The van der Waals surface area contributed by atoms with Gasteiger partial charge in [-0.1, -0.05) is 200 Å². The van der Waals surface area contributed by atoms with Crippen LogP contribution >= 0.6 is 0 Å². The van der Waals surface area contributed by atoms with Crippen molar-refractivity contribution >= 4 is 0 Å². The summed E-state index contributed by atoms with van der Waals surface area (Å²) >= 11 is 0. The van der Waals surface area contributed by atoms with Crippen molar-refractivity contribution in [2.45, 2.75) is 232 Å². The molecular formula is C39H77N2+. The molecule has 0 aliphatic heterocycles. The van der Waals surface area contributed by atoms with Crippen molar-refractivity contribution in [2.75, 3.05) is 0 Å². The molecule has 2 nitrogen and oxygen atoms in total. The van der Waals surface area contributed by atoms with Gasteiger partial charge in [-0.3, -0.25) is 0 Å². The van der Waals surface area contributed by atoms with Gasteiger partial charge in [0.2, 0.25) is 0 Å². The largest absolute Gasteiger partial charge is 0.257 e. The van der Waals surface area contributed by atoms with Gasteiger partial charge in [0.15, 0.2) is 0 Å². The van der Waals surface area contributed by atoms with Crippen molar-refractivity contribution in [3.8, 4) is 0 Å². The van der Waals surface area contributed by atoms with Crippen LogP contribution in [-0.2, 0) is 6.54 Å². The highest BCUT2D eigenvalue weighted by Gasteiger charge is 2.21. The fourth-order valence-corrected chi connectivity index (χ4v) is 6.77. The first-order valence-electron chi connectivity index (χ1n) is 19.4. The van der Waals surface area contributed by atoms with E-state index in [4.69, 9.17) is 0 Å². The first-order valence-corrected chi connectivity index (χ1v) is 19.4. The van der Waals surface area contributed by atoms with E-state index in [1.165, 1.54) is 205 Å². The van der Waals surface area contributed by atoms with Crippen LogP contribution in [0.3, 0.4) is 0 Å². The zero-order valence-corrected chi connectivity index (χ0v) is 28.8. The molecule has 0 amide bonds. The molecular weight excluding hydrogens is 496 g/mol. The quantitative estimate of drug-likeness (QED) is 0.0637. The Morgan fingerprint density at radius 1 is 0.439 bits per heavy atom. The Morgan fingerprint density at radius 3 is 1.02 bits per heavy atom. The number of aromatic nitrogens is 2. The zero-order chi connectivity index (χ0) is 29.5. The smallest absolute Gasteiger partial charge is 0.247 e. The number of hydrogen-bond acceptors (Lipinski definition) is 0. The molecule has 0 aliphatic rings. The third-order valence-electron chi connectivity index (χ3n) is 9.58. The Morgan fingerprint density at radius 2 is 0.732 bits per heavy atom. The van der Waals surface area contributed by atoms with Crippen LogP contribution in [0.5, 0.6) is 0 Å². The van der Waals surface area contributed by atoms with Crippen LogP contribution in [0.4, 0.5) is 0 Å². The van der Waals surface area contributed by atoms with Crippen molar-refractivity contribution in [3.05, 3.63) is 18.2 Å². The molecule has 1 aromatic rings. The van der Waals surface area contributed by atoms with E-state index >= 15 is 0 Å². The molecule has 0 aliphatic carbocycles. The van der Waals surface area contributed by atoms with E-state index in [1.54, 1.807) is 0 Å². The average Bonchev–Trinajstić information content (AvgIpc) is 3.47. The lowest BCUT2D eigenvalue weighted by molar-refractivity contribution is -0.701. The van der Waals surface area contributed by atoms with Gasteiger partial charge < -0.3 is 0 Å². The Bertz CT molecular complexity index is 621. The molecule has 1 atom stereocenters. The Kier molecular flexibility index (Phi) is 28.6. The summed E-state index contributed by atoms with van der Waals surface area (Å²) in [5.74, 6) is 2.22. The van der Waals surface area contributed by atoms with Gasteiger partial charge >= 0.3 is 0 Å². The zero-order valence-electron chi connectivity index (χ0n) is 28.8. The van der Waals surface area contributed by atoms with Gasteiger partial charge in [-0.05, 0) is 19.8 Å². The van der Waals surface area contributed by atoms with Gasteiger partial charge in [0.1, 0.15) is 12.4 Å². The molecule has 0 fully saturated rings. The number of H-pyrrole nitrogens is 1. The van der Waals surface area contributed by atoms with Gasteiger partial charge in [-0.2, -0.15) is 0 Å². The van der Waals surface area contributed by atoms with Crippen molar-refractivity contribution < 1.29 is 4.57 Å². The number of nitrogens with one attached hydrogen (secondary N) is 1. The number of hydrogen-bond donors (Lipinski definition) is 1. The Labute approximate surface area is 259 Å². The summed E-state index contributed by atoms with van der Waals surface area (Å²) < 4.78 is 2.46. The molecule has 1 aromatic heterocycles. The third kappa shape index (κ3) is 23.4. The molecule has 242 valence electrons. The molecule has 0 radical (unpaired) electrons. The lowest BCUT2D eigenvalue weighted by Gasteiger charge is -2.14. The highest BCUT2D eigenvalue weighted by molar-refractivity contribution is 4.90. The minimum atomic E-state index is 0.726. The molecule has 0 saturated heterocycles. The lowest BCUT2D eigenvalue weighted by atomic mass is 9.93. The molecule has 41 heavy (non-hydrogen) atoms. The molecule has 0 spiro atoms. The second-order valence-electron chi connectivity index (χ2n) is 13.5. The number of rotatable bonds is 33. The van der Waals surface area contributed by atoms with Crippen LogP contribution in [0.15, 0.2) is 12.4 Å². The fourth-order valence-electron chi connectivity index (χ4n) is 6.77. The van der Waals surface area contributed by atoms with E-state index < -0.39 is 0 Å². The SMILES string of the molecule is CCCCCCCCCCCCCCCCCC[C@H](CCCCCCCCCCCCCCC)c1[nH]cc[n+]1CC. The maximum atomic E-state index is 3.62. The summed E-state index contributed by atoms with van der Waals surface area (Å²) in [7, 11) is 0. The maximum absolute atomic E-state index is 3.62. The van der Waals surface area contributed by atoms with Crippen LogP contribution in [-0.4, -0.2) is 4.98 Å². The van der Waals surface area contributed by atoms with Crippen molar-refractivity contribution in [3.63, 3.8) is 0 Å². The molecule has 1 rings (SSSR count). The van der Waals surface area contributed by atoms with Crippen LogP contribution in [0.1, 0.15) is 232 Å². The minimum absolute atomic E-state index is 0.726. The predicted octanol–water partition coefficient (Wildman–Crippen LogP) is 13.5. The summed E-state index contributed by atoms with van der Waals surface area (Å²) in [5, 5.41) is 0. The van der Waals surface area contributed by atoms with Crippen LogP contribution in [0.2, 0.25) is 0 Å².